The van der Waals surface area contributed by atoms with Gasteiger partial charge in [0, 0.05) is 23.5 Å². The zero-order chi connectivity index (χ0) is 22.3. The van der Waals surface area contributed by atoms with Crippen molar-refractivity contribution in [1.82, 2.24) is 14.9 Å². The lowest BCUT2D eigenvalue weighted by Crippen LogP contribution is -2.54. The summed E-state index contributed by atoms with van der Waals surface area (Å²) in [7, 11) is -4.35. The third-order valence-electron chi connectivity index (χ3n) is 9.45. The van der Waals surface area contributed by atoms with Gasteiger partial charge in [-0.25, -0.2) is 9.00 Å². The maximum absolute atomic E-state index is 14.8. The molecule has 5 rings (SSSR count). The molecule has 32 heavy (non-hydrogen) atoms. The van der Waals surface area contributed by atoms with Crippen LogP contribution in [0.25, 0.3) is 0 Å². The van der Waals surface area contributed by atoms with Crippen molar-refractivity contribution >= 4 is 16.5 Å². The molecule has 0 aromatic rings. The smallest absolute Gasteiger partial charge is 0.327 e. The third-order valence-corrected chi connectivity index (χ3v) is 10.6. The number of thiol groups is 1. The van der Waals surface area contributed by atoms with E-state index in [0.717, 1.165) is 50.1 Å². The molecule has 5 fully saturated rings. The van der Waals surface area contributed by atoms with E-state index in [1.807, 2.05) is 0 Å². The van der Waals surface area contributed by atoms with Gasteiger partial charge in [0.2, 0.25) is 0 Å². The number of nitrogens with one attached hydrogen (secondary N) is 2. The largest absolute Gasteiger partial charge is 0.334 e. The van der Waals surface area contributed by atoms with Crippen LogP contribution in [0.1, 0.15) is 84.0 Å². The highest BCUT2D eigenvalue weighted by atomic mass is 32.3. The molecular weight excluding hydrogens is 425 g/mol. The first kappa shape index (κ1) is 22.8. The first-order chi connectivity index (χ1) is 15.3. The summed E-state index contributed by atoms with van der Waals surface area (Å²) < 4.78 is 29.6. The Bertz CT molecular complexity index is 767. The Morgan fingerprint density at radius 2 is 1.78 bits per heavy atom. The third kappa shape index (κ3) is 4.94. The van der Waals surface area contributed by atoms with Crippen LogP contribution in [0.4, 0.5) is 8.68 Å². The van der Waals surface area contributed by atoms with Gasteiger partial charge in [-0.15, -0.1) is 3.89 Å². The van der Waals surface area contributed by atoms with Crippen molar-refractivity contribution in [1.29, 1.82) is 0 Å². The first-order valence-corrected chi connectivity index (χ1v) is 14.8. The second-order valence-corrected chi connectivity index (χ2v) is 13.4. The summed E-state index contributed by atoms with van der Waals surface area (Å²) in [5.74, 6) is 3.24. The molecule has 1 aliphatic heterocycles. The Kier molecular flexibility index (Phi) is 6.43. The van der Waals surface area contributed by atoms with Crippen LogP contribution in [0, 0.1) is 29.6 Å². The van der Waals surface area contributed by atoms with Gasteiger partial charge in [0.15, 0.2) is 0 Å². The number of carbonyl (C=O) groups is 1. The molecule has 0 bridgehead atoms. The van der Waals surface area contributed by atoms with Crippen molar-refractivity contribution in [2.45, 2.75) is 95.6 Å². The lowest BCUT2D eigenvalue weighted by Gasteiger charge is -2.43. The SMILES string of the molecule is C[C@@]1(C/C=C/[SH](=O)(F)NC(=O)NC2C3CCCC3CC3CCCC32)CCCN1CC1CC1. The van der Waals surface area contributed by atoms with E-state index < -0.39 is 16.5 Å². The summed E-state index contributed by atoms with van der Waals surface area (Å²) in [5, 5.41) is 4.22. The molecule has 4 aliphatic carbocycles. The van der Waals surface area contributed by atoms with Crippen molar-refractivity contribution in [3.8, 4) is 0 Å². The van der Waals surface area contributed by atoms with E-state index in [1.54, 1.807) is 6.08 Å². The molecule has 182 valence electrons. The van der Waals surface area contributed by atoms with E-state index in [9.17, 15) is 12.9 Å². The van der Waals surface area contributed by atoms with Crippen LogP contribution in [0.3, 0.4) is 0 Å². The lowest BCUT2D eigenvalue weighted by atomic mass is 9.67. The van der Waals surface area contributed by atoms with Crippen molar-refractivity contribution in [3.05, 3.63) is 11.5 Å². The lowest BCUT2D eigenvalue weighted by molar-refractivity contribution is 0.106. The normalized spacial score (nSPS) is 40.4. The van der Waals surface area contributed by atoms with Crippen molar-refractivity contribution in [2.24, 2.45) is 29.6 Å². The minimum absolute atomic E-state index is 0.0123. The Labute approximate surface area is 194 Å². The highest BCUT2D eigenvalue weighted by molar-refractivity contribution is 7.99. The van der Waals surface area contributed by atoms with Crippen LogP contribution in [-0.2, 0) is 10.5 Å². The van der Waals surface area contributed by atoms with Crippen molar-refractivity contribution in [2.75, 3.05) is 13.1 Å². The summed E-state index contributed by atoms with van der Waals surface area (Å²) in [6, 6.07) is -0.479. The van der Waals surface area contributed by atoms with Crippen molar-refractivity contribution in [3.63, 3.8) is 0 Å². The Hall–Kier alpha value is -0.950. The number of halogens is 1. The van der Waals surface area contributed by atoms with Crippen LogP contribution in [0.5, 0.6) is 0 Å². The minimum atomic E-state index is -4.35. The fraction of sp³-hybridized carbons (Fsp3) is 0.880. The fourth-order valence-electron chi connectivity index (χ4n) is 7.62. The summed E-state index contributed by atoms with van der Waals surface area (Å²) in [6.45, 7) is 4.46. The molecule has 7 heteroatoms. The number of fused-ring (bicyclic) bond motifs is 2. The number of likely N-dealkylation sites (tertiary alicyclic amines) is 1. The second-order valence-electron chi connectivity index (χ2n) is 11.7. The molecule has 5 nitrogen and oxygen atoms in total. The van der Waals surface area contributed by atoms with Gasteiger partial charge in [0.25, 0.3) is 0 Å². The van der Waals surface area contributed by atoms with Crippen LogP contribution >= 0.6 is 0 Å². The van der Waals surface area contributed by atoms with Crippen LogP contribution in [-0.4, -0.2) is 39.8 Å². The average Bonchev–Trinajstić information content (AvgIpc) is 3.09. The van der Waals surface area contributed by atoms with E-state index in [2.05, 4.69) is 21.9 Å². The predicted molar refractivity (Wildman–Crippen MR) is 128 cm³/mol. The standard InChI is InChI=1S/C25H42FN3O2S/c1-25(12-4-14-29(25)17-18-10-11-18)13-5-15-32(26,31)28-24(30)27-23-21-8-2-6-19(21)16-20-7-3-9-22(20)23/h5,15,18-23,32H,2-4,6-14,16-17H2,1H3,(H2,27,28,30,31)/b15-5+/t19?,20?,21?,22?,23?,25-/m0/s1. The van der Waals surface area contributed by atoms with Crippen LogP contribution in [0.15, 0.2) is 11.5 Å². The van der Waals surface area contributed by atoms with Gasteiger partial charge in [-0.1, -0.05) is 31.8 Å². The summed E-state index contributed by atoms with van der Waals surface area (Å²) in [4.78, 5) is 15.2. The van der Waals surface area contributed by atoms with Gasteiger partial charge < -0.3 is 5.32 Å². The van der Waals surface area contributed by atoms with Crippen molar-refractivity contribution < 1.29 is 12.9 Å². The Morgan fingerprint density at radius 3 is 2.44 bits per heavy atom. The number of nitrogens with zero attached hydrogens (tertiary/aromatic N) is 1. The summed E-state index contributed by atoms with van der Waals surface area (Å²) in [6.07, 6.45) is 15.9. The average molecular weight is 468 g/mol. The van der Waals surface area contributed by atoms with E-state index in [4.69, 9.17) is 0 Å². The molecule has 4 saturated carbocycles. The first-order valence-electron chi connectivity index (χ1n) is 13.1. The highest BCUT2D eigenvalue weighted by Gasteiger charge is 2.48. The molecule has 0 aromatic heterocycles. The number of rotatable bonds is 7. The number of amides is 2. The van der Waals surface area contributed by atoms with Gasteiger partial charge in [0.1, 0.15) is 10.5 Å². The van der Waals surface area contributed by atoms with Crippen LogP contribution < -0.4 is 10.0 Å². The van der Waals surface area contributed by atoms with Gasteiger partial charge in [-0.05, 0) is 94.4 Å². The number of hydrogen-bond acceptors (Lipinski definition) is 3. The van der Waals surface area contributed by atoms with E-state index in [1.165, 1.54) is 44.9 Å². The Balaban J connectivity index is 1.16. The zero-order valence-electron chi connectivity index (χ0n) is 19.6. The molecule has 0 aromatic carbocycles. The highest BCUT2D eigenvalue weighted by Crippen LogP contribution is 2.52. The number of hydrogen-bond donors (Lipinski definition) is 3. The monoisotopic (exact) mass is 467 g/mol. The molecule has 0 radical (unpaired) electrons. The fourth-order valence-corrected chi connectivity index (χ4v) is 8.41. The maximum Gasteiger partial charge on any atom is 0.327 e. The number of carbonyl (C=O) groups excluding carboxylic acids is 1. The quantitative estimate of drug-likeness (QED) is 0.370. The van der Waals surface area contributed by atoms with Gasteiger partial charge in [0.05, 0.1) is 0 Å². The zero-order valence-corrected chi connectivity index (χ0v) is 20.5. The summed E-state index contributed by atoms with van der Waals surface area (Å²) in [5.41, 5.74) is 0.0123. The summed E-state index contributed by atoms with van der Waals surface area (Å²) >= 11 is 0. The molecule has 4 unspecified atom stereocenters. The molecular formula is C25H42FN3O2S. The van der Waals surface area contributed by atoms with Gasteiger partial charge in [-0.3, -0.25) is 9.62 Å². The van der Waals surface area contributed by atoms with Gasteiger partial charge >= 0.3 is 6.03 Å². The second kappa shape index (κ2) is 9.01. The van der Waals surface area contributed by atoms with E-state index >= 15 is 0 Å². The molecule has 2 N–H and O–H groups in total. The predicted octanol–water partition coefficient (Wildman–Crippen LogP) is 4.88. The molecule has 2 amide bonds. The molecule has 5 atom stereocenters. The van der Waals surface area contributed by atoms with Crippen LogP contribution in [0.2, 0.25) is 0 Å². The molecule has 1 saturated heterocycles. The molecule has 0 spiro atoms. The topological polar surface area (TPSA) is 61.4 Å². The number of urea groups is 1. The van der Waals surface area contributed by atoms with Gasteiger partial charge in [-0.2, -0.15) is 0 Å². The molecule has 1 heterocycles. The maximum atomic E-state index is 14.8. The Morgan fingerprint density at radius 1 is 1.09 bits per heavy atom. The minimum Gasteiger partial charge on any atom is -0.334 e. The molecule has 5 aliphatic rings. The van der Waals surface area contributed by atoms with E-state index in [-0.39, 0.29) is 11.6 Å². The van der Waals surface area contributed by atoms with E-state index in [0.29, 0.717) is 30.1 Å².